The lowest BCUT2D eigenvalue weighted by atomic mass is 10.1. The summed E-state index contributed by atoms with van der Waals surface area (Å²) in [4.78, 5) is 19.2. The van der Waals surface area contributed by atoms with E-state index in [-0.39, 0.29) is 5.69 Å². The SMILES string of the molecule is N#Cc1cc([N+](=O)[O-])ccc1N1CCCN(Cc2cscn2)CC1. The highest BCUT2D eigenvalue weighted by Crippen LogP contribution is 2.26. The maximum absolute atomic E-state index is 10.9. The topological polar surface area (TPSA) is 86.3 Å². The summed E-state index contributed by atoms with van der Waals surface area (Å²) in [7, 11) is 0. The third-order valence-corrected chi connectivity index (χ3v) is 4.74. The summed E-state index contributed by atoms with van der Waals surface area (Å²) in [6, 6.07) is 6.60. The molecule has 0 amide bonds. The second kappa shape index (κ2) is 7.38. The zero-order valence-electron chi connectivity index (χ0n) is 13.1. The van der Waals surface area contributed by atoms with Crippen molar-refractivity contribution in [2.75, 3.05) is 31.1 Å². The Labute approximate surface area is 143 Å². The molecule has 1 aromatic carbocycles. The molecule has 24 heavy (non-hydrogen) atoms. The van der Waals surface area contributed by atoms with E-state index >= 15 is 0 Å². The number of thiazole rings is 1. The van der Waals surface area contributed by atoms with E-state index in [2.05, 4.69) is 26.2 Å². The monoisotopic (exact) mass is 343 g/mol. The van der Waals surface area contributed by atoms with E-state index in [4.69, 9.17) is 0 Å². The van der Waals surface area contributed by atoms with Crippen LogP contribution in [0.1, 0.15) is 17.7 Å². The van der Waals surface area contributed by atoms with Gasteiger partial charge in [0, 0.05) is 50.2 Å². The number of benzene rings is 1. The van der Waals surface area contributed by atoms with Crippen LogP contribution < -0.4 is 4.90 Å². The number of nitro groups is 1. The average molecular weight is 343 g/mol. The Morgan fingerprint density at radius 2 is 2.21 bits per heavy atom. The molecule has 0 radical (unpaired) electrons. The first-order valence-electron chi connectivity index (χ1n) is 7.70. The third kappa shape index (κ3) is 3.69. The van der Waals surface area contributed by atoms with E-state index < -0.39 is 4.92 Å². The second-order valence-corrected chi connectivity index (χ2v) is 6.39. The van der Waals surface area contributed by atoms with Crippen molar-refractivity contribution < 1.29 is 4.92 Å². The Bertz CT molecular complexity index is 756. The van der Waals surface area contributed by atoms with E-state index in [1.807, 2.05) is 5.51 Å². The van der Waals surface area contributed by atoms with Crippen molar-refractivity contribution in [2.24, 2.45) is 0 Å². The quantitative estimate of drug-likeness (QED) is 0.626. The van der Waals surface area contributed by atoms with Crippen molar-refractivity contribution in [3.63, 3.8) is 0 Å². The van der Waals surface area contributed by atoms with Gasteiger partial charge >= 0.3 is 0 Å². The lowest BCUT2D eigenvalue weighted by Gasteiger charge is -2.24. The number of rotatable bonds is 4. The number of hydrogen-bond acceptors (Lipinski definition) is 7. The van der Waals surface area contributed by atoms with Gasteiger partial charge in [-0.3, -0.25) is 15.0 Å². The normalized spacial score (nSPS) is 15.7. The minimum atomic E-state index is -0.470. The van der Waals surface area contributed by atoms with Gasteiger partial charge in [0.1, 0.15) is 6.07 Å². The fourth-order valence-corrected chi connectivity index (χ4v) is 3.47. The number of nitriles is 1. The molecule has 1 aliphatic rings. The predicted octanol–water partition coefficient (Wildman–Crippen LogP) is 2.64. The van der Waals surface area contributed by atoms with Gasteiger partial charge < -0.3 is 4.90 Å². The van der Waals surface area contributed by atoms with Crippen molar-refractivity contribution in [2.45, 2.75) is 13.0 Å². The highest BCUT2D eigenvalue weighted by atomic mass is 32.1. The van der Waals surface area contributed by atoms with Crippen LogP contribution in [-0.4, -0.2) is 41.0 Å². The molecular formula is C16H17N5O2S. The van der Waals surface area contributed by atoms with Crippen LogP contribution in [0.4, 0.5) is 11.4 Å². The molecule has 1 aromatic heterocycles. The van der Waals surface area contributed by atoms with Gasteiger partial charge in [-0.25, -0.2) is 4.98 Å². The number of anilines is 1. The molecule has 0 N–H and O–H groups in total. The van der Waals surface area contributed by atoms with E-state index in [1.165, 1.54) is 12.1 Å². The predicted molar refractivity (Wildman–Crippen MR) is 92.0 cm³/mol. The number of nitro benzene ring substituents is 1. The van der Waals surface area contributed by atoms with Crippen molar-refractivity contribution in [3.8, 4) is 6.07 Å². The molecule has 2 aromatic rings. The average Bonchev–Trinajstić information content (AvgIpc) is 2.99. The molecule has 1 aliphatic heterocycles. The molecule has 7 nitrogen and oxygen atoms in total. The van der Waals surface area contributed by atoms with Gasteiger partial charge in [-0.05, 0) is 12.5 Å². The molecule has 1 saturated heterocycles. The Hall–Kier alpha value is -2.50. The molecule has 0 spiro atoms. The van der Waals surface area contributed by atoms with Crippen molar-refractivity contribution in [1.29, 1.82) is 5.26 Å². The summed E-state index contributed by atoms with van der Waals surface area (Å²) >= 11 is 1.60. The van der Waals surface area contributed by atoms with Crippen LogP contribution in [0, 0.1) is 21.4 Å². The Kier molecular flexibility index (Phi) is 5.03. The Morgan fingerprint density at radius 1 is 1.33 bits per heavy atom. The largest absolute Gasteiger partial charge is 0.369 e. The van der Waals surface area contributed by atoms with Crippen molar-refractivity contribution in [3.05, 3.63) is 50.5 Å². The summed E-state index contributed by atoms with van der Waals surface area (Å²) < 4.78 is 0. The first-order valence-corrected chi connectivity index (χ1v) is 8.64. The first kappa shape index (κ1) is 16.4. The van der Waals surface area contributed by atoms with Crippen LogP contribution >= 0.6 is 11.3 Å². The highest BCUT2D eigenvalue weighted by molar-refractivity contribution is 7.07. The molecular weight excluding hydrogens is 326 g/mol. The highest BCUT2D eigenvalue weighted by Gasteiger charge is 2.19. The lowest BCUT2D eigenvalue weighted by molar-refractivity contribution is -0.384. The number of aromatic nitrogens is 1. The lowest BCUT2D eigenvalue weighted by Crippen LogP contribution is -2.31. The van der Waals surface area contributed by atoms with Crippen LogP contribution in [0.25, 0.3) is 0 Å². The van der Waals surface area contributed by atoms with E-state index in [1.54, 1.807) is 17.4 Å². The number of non-ortho nitro benzene ring substituents is 1. The molecule has 124 valence electrons. The van der Waals surface area contributed by atoms with Crippen LogP contribution in [0.5, 0.6) is 0 Å². The van der Waals surface area contributed by atoms with Crippen LogP contribution in [0.3, 0.4) is 0 Å². The summed E-state index contributed by atoms with van der Waals surface area (Å²) in [5.74, 6) is 0. The van der Waals surface area contributed by atoms with Gasteiger partial charge in [-0.15, -0.1) is 11.3 Å². The summed E-state index contributed by atoms with van der Waals surface area (Å²) in [6.45, 7) is 4.31. The Morgan fingerprint density at radius 3 is 2.92 bits per heavy atom. The maximum atomic E-state index is 10.9. The Balaban J connectivity index is 1.72. The van der Waals surface area contributed by atoms with Gasteiger partial charge in [-0.2, -0.15) is 5.26 Å². The molecule has 1 fully saturated rings. The maximum Gasteiger partial charge on any atom is 0.270 e. The van der Waals surface area contributed by atoms with Gasteiger partial charge in [-0.1, -0.05) is 0 Å². The zero-order chi connectivity index (χ0) is 16.9. The van der Waals surface area contributed by atoms with Gasteiger partial charge in [0.05, 0.1) is 27.4 Å². The van der Waals surface area contributed by atoms with Crippen molar-refractivity contribution >= 4 is 22.7 Å². The molecule has 0 aliphatic carbocycles. The van der Waals surface area contributed by atoms with Crippen LogP contribution in [0.15, 0.2) is 29.1 Å². The first-order chi connectivity index (χ1) is 11.7. The van der Waals surface area contributed by atoms with Crippen LogP contribution in [0.2, 0.25) is 0 Å². The second-order valence-electron chi connectivity index (χ2n) is 5.67. The third-order valence-electron chi connectivity index (χ3n) is 4.11. The fraction of sp³-hybridized carbons (Fsp3) is 0.375. The van der Waals surface area contributed by atoms with E-state index in [0.717, 1.165) is 50.5 Å². The fourth-order valence-electron chi connectivity index (χ4n) is 2.92. The minimum absolute atomic E-state index is 0.0460. The molecule has 0 atom stereocenters. The van der Waals surface area contributed by atoms with Gasteiger partial charge in [0.15, 0.2) is 0 Å². The summed E-state index contributed by atoms with van der Waals surface area (Å²) in [5.41, 5.74) is 4.02. The molecule has 0 unspecified atom stereocenters. The van der Waals surface area contributed by atoms with Crippen LogP contribution in [-0.2, 0) is 6.54 Å². The molecule has 0 bridgehead atoms. The molecule has 8 heteroatoms. The minimum Gasteiger partial charge on any atom is -0.369 e. The number of hydrogen-bond donors (Lipinski definition) is 0. The van der Waals surface area contributed by atoms with Gasteiger partial charge in [0.2, 0.25) is 0 Å². The smallest absolute Gasteiger partial charge is 0.270 e. The van der Waals surface area contributed by atoms with E-state index in [0.29, 0.717) is 5.56 Å². The molecule has 3 rings (SSSR count). The van der Waals surface area contributed by atoms with Crippen molar-refractivity contribution in [1.82, 2.24) is 9.88 Å². The summed E-state index contributed by atoms with van der Waals surface area (Å²) in [5, 5.41) is 22.3. The standard InChI is InChI=1S/C16H17N5O2S/c17-9-13-8-15(21(22)23)2-3-16(13)20-5-1-4-19(6-7-20)10-14-11-24-12-18-14/h2-3,8,11-12H,1,4-7,10H2. The number of nitrogens with zero attached hydrogens (tertiary/aromatic N) is 5. The molecule has 0 saturated carbocycles. The zero-order valence-corrected chi connectivity index (χ0v) is 13.9. The summed E-state index contributed by atoms with van der Waals surface area (Å²) in [6.07, 6.45) is 0.978. The molecule has 2 heterocycles. The van der Waals surface area contributed by atoms with Gasteiger partial charge in [0.25, 0.3) is 5.69 Å². The van der Waals surface area contributed by atoms with E-state index in [9.17, 15) is 15.4 Å².